The topological polar surface area (TPSA) is 71.2 Å². The zero-order valence-electron chi connectivity index (χ0n) is 14.8. The first kappa shape index (κ1) is 19.5. The Bertz CT molecular complexity index is 767. The fourth-order valence-corrected chi connectivity index (χ4v) is 4.28. The van der Waals surface area contributed by atoms with Gasteiger partial charge in [-0.3, -0.25) is 0 Å². The van der Waals surface area contributed by atoms with Crippen LogP contribution in [0.4, 0.5) is 11.9 Å². The molecule has 26 heavy (non-hydrogen) atoms. The smallest absolute Gasteiger partial charge is 0.230 e. The Labute approximate surface area is 168 Å². The van der Waals surface area contributed by atoms with Gasteiger partial charge in [-0.05, 0) is 31.7 Å². The zero-order valence-corrected chi connectivity index (χ0v) is 17.2. The van der Waals surface area contributed by atoms with E-state index in [-0.39, 0.29) is 11.2 Å². The van der Waals surface area contributed by atoms with E-state index in [9.17, 15) is 0 Å². The Morgan fingerprint density at radius 3 is 2.58 bits per heavy atom. The second-order valence-electron chi connectivity index (χ2n) is 6.23. The van der Waals surface area contributed by atoms with Crippen molar-refractivity contribution in [3.8, 4) is 0 Å². The number of piperazine rings is 1. The van der Waals surface area contributed by atoms with E-state index < -0.39 is 0 Å². The number of thioether (sulfide) groups is 1. The van der Waals surface area contributed by atoms with Crippen molar-refractivity contribution in [1.82, 2.24) is 19.9 Å². The van der Waals surface area contributed by atoms with Crippen molar-refractivity contribution in [3.05, 3.63) is 34.1 Å². The third-order valence-electron chi connectivity index (χ3n) is 4.27. The van der Waals surface area contributed by atoms with Crippen LogP contribution < -0.4 is 10.6 Å². The number of hydrogen-bond donors (Lipinski definition) is 1. The van der Waals surface area contributed by atoms with Gasteiger partial charge >= 0.3 is 0 Å². The molecule has 1 aromatic carbocycles. The summed E-state index contributed by atoms with van der Waals surface area (Å²) in [4.78, 5) is 18.8. The van der Waals surface area contributed by atoms with Crippen LogP contribution in [0.15, 0.2) is 23.1 Å². The van der Waals surface area contributed by atoms with E-state index in [2.05, 4.69) is 33.7 Å². The molecule has 0 aliphatic carbocycles. The molecule has 1 aromatic heterocycles. The second-order valence-corrected chi connectivity index (χ2v) is 8.32. The van der Waals surface area contributed by atoms with Crippen LogP contribution in [0.2, 0.25) is 10.0 Å². The highest BCUT2D eigenvalue weighted by Crippen LogP contribution is 2.40. The maximum atomic E-state index is 6.31. The number of nitrogens with two attached hydrogens (primary N) is 1. The first-order valence-electron chi connectivity index (χ1n) is 8.53. The van der Waals surface area contributed by atoms with E-state index in [0.29, 0.717) is 21.8 Å². The van der Waals surface area contributed by atoms with Gasteiger partial charge < -0.3 is 15.5 Å². The predicted molar refractivity (Wildman–Crippen MR) is 109 cm³/mol. The maximum Gasteiger partial charge on any atom is 0.230 e. The SMILES string of the molecule is CCC(Sc1cc(Cl)ccc1Cl)c1nc(N)nc(N2CCN(C)CC2)n1. The molecule has 0 saturated carbocycles. The van der Waals surface area contributed by atoms with E-state index in [0.717, 1.165) is 37.5 Å². The summed E-state index contributed by atoms with van der Waals surface area (Å²) in [5.74, 6) is 1.58. The zero-order chi connectivity index (χ0) is 18.7. The standard InChI is InChI=1S/C17H22Cl2N6S/c1-3-13(26-14-10-11(18)4-5-12(14)19)15-21-16(20)23-17(22-15)25-8-6-24(2)7-9-25/h4-5,10,13H,3,6-9H2,1-2H3,(H2,20,21,22,23). The van der Waals surface area contributed by atoms with E-state index in [1.165, 1.54) is 0 Å². The van der Waals surface area contributed by atoms with Gasteiger partial charge in [-0.15, -0.1) is 11.8 Å². The fourth-order valence-electron chi connectivity index (χ4n) is 2.73. The van der Waals surface area contributed by atoms with Crippen molar-refractivity contribution in [2.75, 3.05) is 43.9 Å². The Morgan fingerprint density at radius 2 is 1.88 bits per heavy atom. The van der Waals surface area contributed by atoms with Crippen molar-refractivity contribution in [2.24, 2.45) is 0 Å². The van der Waals surface area contributed by atoms with Gasteiger partial charge in [0, 0.05) is 36.1 Å². The fraction of sp³-hybridized carbons (Fsp3) is 0.471. The molecule has 140 valence electrons. The molecule has 2 heterocycles. The van der Waals surface area contributed by atoms with E-state index in [1.54, 1.807) is 23.9 Å². The predicted octanol–water partition coefficient (Wildman–Crippen LogP) is 3.76. The third kappa shape index (κ3) is 4.71. The number of anilines is 2. The van der Waals surface area contributed by atoms with Crippen LogP contribution in [-0.4, -0.2) is 53.1 Å². The van der Waals surface area contributed by atoms with Gasteiger partial charge in [0.2, 0.25) is 11.9 Å². The average Bonchev–Trinajstić information content (AvgIpc) is 2.62. The lowest BCUT2D eigenvalue weighted by molar-refractivity contribution is 0.311. The Hall–Kier alpha value is -1.28. The summed E-state index contributed by atoms with van der Waals surface area (Å²) in [6, 6.07) is 5.45. The number of aromatic nitrogens is 3. The lowest BCUT2D eigenvalue weighted by atomic mass is 10.3. The molecular weight excluding hydrogens is 391 g/mol. The van der Waals surface area contributed by atoms with E-state index in [1.807, 2.05) is 6.07 Å². The molecule has 3 rings (SSSR count). The summed E-state index contributed by atoms with van der Waals surface area (Å²) in [7, 11) is 2.11. The molecule has 0 bridgehead atoms. The van der Waals surface area contributed by atoms with E-state index in [4.69, 9.17) is 33.9 Å². The first-order chi connectivity index (χ1) is 12.5. The van der Waals surface area contributed by atoms with Crippen molar-refractivity contribution >= 4 is 46.9 Å². The summed E-state index contributed by atoms with van der Waals surface area (Å²) in [6.07, 6.45) is 0.832. The molecule has 0 spiro atoms. The molecule has 2 aromatic rings. The average molecular weight is 413 g/mol. The lowest BCUT2D eigenvalue weighted by Crippen LogP contribution is -2.45. The quantitative estimate of drug-likeness (QED) is 0.749. The van der Waals surface area contributed by atoms with Crippen molar-refractivity contribution in [1.29, 1.82) is 0 Å². The monoisotopic (exact) mass is 412 g/mol. The number of likely N-dealkylation sites (N-methyl/N-ethyl adjacent to an activating group) is 1. The van der Waals surface area contributed by atoms with Gasteiger partial charge in [-0.2, -0.15) is 15.0 Å². The summed E-state index contributed by atoms with van der Waals surface area (Å²) >= 11 is 14.0. The molecule has 1 fully saturated rings. The normalized spacial score (nSPS) is 16.7. The molecule has 2 N–H and O–H groups in total. The summed E-state index contributed by atoms with van der Waals surface area (Å²) in [5, 5.41) is 1.33. The van der Waals surface area contributed by atoms with Crippen LogP contribution in [0, 0.1) is 0 Å². The summed E-state index contributed by atoms with van der Waals surface area (Å²) in [5.41, 5.74) is 5.98. The van der Waals surface area contributed by atoms with Gasteiger partial charge in [0.05, 0.1) is 10.3 Å². The third-order valence-corrected chi connectivity index (χ3v) is 6.36. The first-order valence-corrected chi connectivity index (χ1v) is 10.2. The molecule has 1 saturated heterocycles. The van der Waals surface area contributed by atoms with Gasteiger partial charge in [-0.25, -0.2) is 0 Å². The molecule has 0 radical (unpaired) electrons. The van der Waals surface area contributed by atoms with Crippen molar-refractivity contribution in [3.63, 3.8) is 0 Å². The second kappa shape index (κ2) is 8.61. The minimum Gasteiger partial charge on any atom is -0.368 e. The Kier molecular flexibility index (Phi) is 6.45. The van der Waals surface area contributed by atoms with Crippen LogP contribution in [0.25, 0.3) is 0 Å². The highest BCUT2D eigenvalue weighted by Gasteiger charge is 2.22. The molecule has 1 aliphatic rings. The van der Waals surface area contributed by atoms with Crippen LogP contribution >= 0.6 is 35.0 Å². The van der Waals surface area contributed by atoms with Gasteiger partial charge in [0.15, 0.2) is 0 Å². The highest BCUT2D eigenvalue weighted by molar-refractivity contribution is 7.99. The van der Waals surface area contributed by atoms with Gasteiger partial charge in [0.1, 0.15) is 5.82 Å². The molecule has 9 heteroatoms. The number of rotatable bonds is 5. The molecular formula is C17H22Cl2N6S. The van der Waals surface area contributed by atoms with Crippen molar-refractivity contribution < 1.29 is 0 Å². The highest BCUT2D eigenvalue weighted by atomic mass is 35.5. The van der Waals surface area contributed by atoms with Crippen LogP contribution in [-0.2, 0) is 0 Å². The van der Waals surface area contributed by atoms with Crippen LogP contribution in [0.3, 0.4) is 0 Å². The molecule has 6 nitrogen and oxygen atoms in total. The number of hydrogen-bond acceptors (Lipinski definition) is 7. The number of halogens is 2. The lowest BCUT2D eigenvalue weighted by Gasteiger charge is -2.32. The van der Waals surface area contributed by atoms with Crippen LogP contribution in [0.5, 0.6) is 0 Å². The van der Waals surface area contributed by atoms with Gasteiger partial charge in [-0.1, -0.05) is 30.1 Å². The number of nitrogens with zero attached hydrogens (tertiary/aromatic N) is 5. The molecule has 1 aliphatic heterocycles. The van der Waals surface area contributed by atoms with Gasteiger partial charge in [0.25, 0.3) is 0 Å². The Morgan fingerprint density at radius 1 is 1.15 bits per heavy atom. The maximum absolute atomic E-state index is 6.31. The Balaban J connectivity index is 1.85. The minimum absolute atomic E-state index is 0.0162. The molecule has 0 amide bonds. The van der Waals surface area contributed by atoms with E-state index >= 15 is 0 Å². The minimum atomic E-state index is 0.0162. The van der Waals surface area contributed by atoms with Crippen molar-refractivity contribution in [2.45, 2.75) is 23.5 Å². The number of nitrogen functional groups attached to an aromatic ring is 1. The summed E-state index contributed by atoms with van der Waals surface area (Å²) < 4.78 is 0. The largest absolute Gasteiger partial charge is 0.368 e. The number of benzene rings is 1. The molecule has 1 unspecified atom stereocenters. The summed E-state index contributed by atoms with van der Waals surface area (Å²) in [6.45, 7) is 5.80. The van der Waals surface area contributed by atoms with Crippen LogP contribution in [0.1, 0.15) is 24.4 Å². The molecule has 1 atom stereocenters.